The molecule has 3 aliphatic carbocycles. The number of nitrogens with one attached hydrogen (secondary N) is 1. The highest BCUT2D eigenvalue weighted by atomic mass is 16.5. The van der Waals surface area contributed by atoms with Crippen molar-refractivity contribution in [3.8, 4) is 0 Å². The van der Waals surface area contributed by atoms with E-state index in [4.69, 9.17) is 20.5 Å². The number of carbonyl (C=O) groups excluding carboxylic acids is 1. The fourth-order valence-electron chi connectivity index (χ4n) is 4.88. The number of nitrogens with zero attached hydrogens (tertiary/aromatic N) is 1. The average Bonchev–Trinajstić information content (AvgIpc) is 2.75. The molecule has 1 aromatic carbocycles. The van der Waals surface area contributed by atoms with E-state index in [2.05, 4.69) is 22.4 Å². The summed E-state index contributed by atoms with van der Waals surface area (Å²) < 4.78 is 5.79. The van der Waals surface area contributed by atoms with Crippen LogP contribution in [0.15, 0.2) is 29.3 Å². The molecular weight excluding hydrogens is 369 g/mol. The van der Waals surface area contributed by atoms with Gasteiger partial charge in [0.1, 0.15) is 6.17 Å². The van der Waals surface area contributed by atoms with Crippen molar-refractivity contribution in [2.75, 3.05) is 7.11 Å². The van der Waals surface area contributed by atoms with E-state index < -0.39 is 13.3 Å². The smallest absolute Gasteiger partial charge is 0.427 e. The molecule has 158 valence electrons. The zero-order valence-electron chi connectivity index (χ0n) is 17.1. The monoisotopic (exact) mass is 401 g/mol. The van der Waals surface area contributed by atoms with Gasteiger partial charge in [0, 0.05) is 12.7 Å². The Hall–Kier alpha value is -1.90. The Morgan fingerprint density at radius 2 is 1.86 bits per heavy atom. The summed E-state index contributed by atoms with van der Waals surface area (Å²) >= 11 is 0. The van der Waals surface area contributed by atoms with E-state index in [1.807, 2.05) is 19.2 Å². The van der Waals surface area contributed by atoms with Gasteiger partial charge in [0.05, 0.1) is 11.9 Å². The predicted octanol–water partition coefficient (Wildman–Crippen LogP) is 1.97. The lowest BCUT2D eigenvalue weighted by Crippen LogP contribution is -2.49. The van der Waals surface area contributed by atoms with Gasteiger partial charge in [-0.25, -0.2) is 0 Å². The lowest BCUT2D eigenvalue weighted by Gasteiger charge is -2.53. The number of nitrogens with two attached hydrogens (primary N) is 1. The molecule has 5 N–H and O–H groups in total. The van der Waals surface area contributed by atoms with Gasteiger partial charge in [0.15, 0.2) is 0 Å². The van der Waals surface area contributed by atoms with E-state index in [1.165, 1.54) is 5.56 Å². The number of methoxy groups -OCH3 is 1. The maximum atomic E-state index is 12.6. The minimum absolute atomic E-state index is 0.0895. The topological polar surface area (TPSA) is 117 Å². The molecule has 0 saturated heterocycles. The average molecular weight is 401 g/mol. The summed E-state index contributed by atoms with van der Waals surface area (Å²) in [7, 11) is 0.480. The molecule has 3 saturated carbocycles. The van der Waals surface area contributed by atoms with Gasteiger partial charge in [-0.15, -0.1) is 0 Å². The second kappa shape index (κ2) is 9.28. The van der Waals surface area contributed by atoms with Gasteiger partial charge in [-0.2, -0.15) is 0 Å². The fourth-order valence-corrected chi connectivity index (χ4v) is 4.88. The predicted molar refractivity (Wildman–Crippen MR) is 114 cm³/mol. The number of carbonyl (C=O) groups is 1. The van der Waals surface area contributed by atoms with Gasteiger partial charge in [-0.1, -0.05) is 18.6 Å². The van der Waals surface area contributed by atoms with Gasteiger partial charge in [0.2, 0.25) is 0 Å². The minimum Gasteiger partial charge on any atom is -0.427 e. The summed E-state index contributed by atoms with van der Waals surface area (Å²) in [5.74, 6) is -0.208. The van der Waals surface area contributed by atoms with Crippen LogP contribution in [0.3, 0.4) is 0 Å². The summed E-state index contributed by atoms with van der Waals surface area (Å²) in [6, 6.07) is 7.94. The molecule has 0 spiro atoms. The molecule has 0 aliphatic heterocycles. The van der Waals surface area contributed by atoms with Crippen LogP contribution in [0.2, 0.25) is 6.32 Å². The Morgan fingerprint density at radius 1 is 1.24 bits per heavy atom. The number of benzene rings is 1. The first-order chi connectivity index (χ1) is 13.9. The maximum absolute atomic E-state index is 12.6. The van der Waals surface area contributed by atoms with Crippen molar-refractivity contribution in [3.05, 3.63) is 35.4 Å². The summed E-state index contributed by atoms with van der Waals surface area (Å²) in [4.78, 5) is 16.7. The molecule has 2 bridgehead atoms. The highest BCUT2D eigenvalue weighted by Crippen LogP contribution is 2.54. The summed E-state index contributed by atoms with van der Waals surface area (Å²) in [6.07, 6.45) is 8.63. The van der Waals surface area contributed by atoms with Gasteiger partial charge in [-0.3, -0.25) is 9.79 Å². The van der Waals surface area contributed by atoms with Gasteiger partial charge >= 0.3 is 7.12 Å². The molecule has 1 amide bonds. The molecular formula is C21H32BN3O4. The van der Waals surface area contributed by atoms with E-state index in [-0.39, 0.29) is 23.2 Å². The van der Waals surface area contributed by atoms with Crippen molar-refractivity contribution in [2.45, 2.75) is 74.9 Å². The molecule has 7 nitrogen and oxygen atoms in total. The molecule has 4 rings (SSSR count). The second-order valence-electron chi connectivity index (χ2n) is 8.44. The van der Waals surface area contributed by atoms with E-state index in [9.17, 15) is 4.79 Å². The maximum Gasteiger partial charge on any atom is 0.451 e. The quantitative estimate of drug-likeness (QED) is 0.287. The van der Waals surface area contributed by atoms with Crippen LogP contribution < -0.4 is 11.1 Å². The molecule has 1 atom stereocenters. The number of rotatable bonds is 9. The van der Waals surface area contributed by atoms with Crippen molar-refractivity contribution in [2.24, 2.45) is 10.7 Å². The number of amides is 1. The van der Waals surface area contributed by atoms with Crippen molar-refractivity contribution >= 4 is 19.4 Å². The van der Waals surface area contributed by atoms with E-state index in [1.54, 1.807) is 0 Å². The highest BCUT2D eigenvalue weighted by molar-refractivity contribution is 6.40. The zero-order chi connectivity index (χ0) is 20.9. The number of fused-ring (bicyclic) bond motifs is 3. The molecule has 29 heavy (non-hydrogen) atoms. The van der Waals surface area contributed by atoms with Crippen LogP contribution in [0.4, 0.5) is 0 Å². The molecule has 1 aromatic rings. The van der Waals surface area contributed by atoms with E-state index in [0.29, 0.717) is 18.4 Å². The molecule has 0 heterocycles. The fraction of sp³-hybridized carbons (Fsp3) is 0.619. The second-order valence-corrected chi connectivity index (χ2v) is 8.44. The number of ether oxygens (including phenoxy) is 1. The molecule has 1 unspecified atom stereocenters. The summed E-state index contributed by atoms with van der Waals surface area (Å²) in [6.45, 7) is 0. The van der Waals surface area contributed by atoms with Crippen LogP contribution in [0.1, 0.15) is 67.3 Å². The van der Waals surface area contributed by atoms with Crippen LogP contribution in [0, 0.1) is 0 Å². The molecule has 3 fully saturated rings. The first kappa shape index (κ1) is 21.8. The molecule has 8 heteroatoms. The van der Waals surface area contributed by atoms with Crippen LogP contribution in [-0.2, 0) is 10.2 Å². The first-order valence-electron chi connectivity index (χ1n) is 10.5. The third-order valence-electron chi connectivity index (χ3n) is 6.87. The number of hydrogen-bond acceptors (Lipinski definition) is 5. The first-order valence-corrected chi connectivity index (χ1v) is 10.5. The van der Waals surface area contributed by atoms with Crippen molar-refractivity contribution in [1.29, 1.82) is 0 Å². The Balaban J connectivity index is 1.61. The highest BCUT2D eigenvalue weighted by Gasteiger charge is 2.49. The number of hydrogen-bond donors (Lipinski definition) is 4. The Labute approximate surface area is 172 Å². The van der Waals surface area contributed by atoms with Gasteiger partial charge < -0.3 is 25.8 Å². The van der Waals surface area contributed by atoms with Gasteiger partial charge in [0.25, 0.3) is 5.91 Å². The SMILES string of the molecule is COC12CCC(c3ccc(C(=O)NC(CCCB(O)O)N=CN)cc3)(CC1)CC2. The Bertz CT molecular complexity index is 699. The van der Waals surface area contributed by atoms with Crippen LogP contribution >= 0.6 is 0 Å². The molecule has 0 radical (unpaired) electrons. The summed E-state index contributed by atoms with van der Waals surface area (Å²) in [5, 5.41) is 20.8. The lowest BCUT2D eigenvalue weighted by molar-refractivity contribution is -0.0955. The van der Waals surface area contributed by atoms with Crippen molar-refractivity contribution in [3.63, 3.8) is 0 Å². The molecule has 0 aromatic heterocycles. The third kappa shape index (κ3) is 5.00. The van der Waals surface area contributed by atoms with Crippen LogP contribution in [0.25, 0.3) is 0 Å². The van der Waals surface area contributed by atoms with E-state index >= 15 is 0 Å². The zero-order valence-corrected chi connectivity index (χ0v) is 17.1. The third-order valence-corrected chi connectivity index (χ3v) is 6.87. The molecule has 3 aliphatic rings. The normalized spacial score (nSPS) is 27.1. The van der Waals surface area contributed by atoms with Crippen LogP contribution in [0.5, 0.6) is 0 Å². The Kier molecular flexibility index (Phi) is 6.98. The van der Waals surface area contributed by atoms with Crippen molar-refractivity contribution < 1.29 is 19.6 Å². The minimum atomic E-state index is -1.35. The summed E-state index contributed by atoms with van der Waals surface area (Å²) in [5.41, 5.74) is 7.58. The van der Waals surface area contributed by atoms with Crippen molar-refractivity contribution in [1.82, 2.24) is 5.32 Å². The van der Waals surface area contributed by atoms with E-state index in [0.717, 1.165) is 44.9 Å². The lowest BCUT2D eigenvalue weighted by atomic mass is 9.56. The Morgan fingerprint density at radius 3 is 2.38 bits per heavy atom. The van der Waals surface area contributed by atoms with Gasteiger partial charge in [-0.05, 0) is 74.4 Å². The number of aliphatic imine (C=N–C) groups is 1. The standard InChI is InChI=1S/C21H32BN3O4/c1-29-21-11-8-20(9-12-21,10-13-21)17-6-4-16(5-7-17)19(26)25-18(24-15-23)3-2-14-22(27)28/h4-7,15,18,27-28H,2-3,8-14H2,1H3,(H2,23,24)(H,25,26). The van der Waals surface area contributed by atoms with Crippen LogP contribution in [-0.4, -0.2) is 48.3 Å². The largest absolute Gasteiger partial charge is 0.451 e.